The summed E-state index contributed by atoms with van der Waals surface area (Å²) in [5.74, 6) is 0.525. The number of ether oxygens (including phenoxy) is 1. The largest absolute Gasteiger partial charge is 0.497 e. The lowest BCUT2D eigenvalue weighted by molar-refractivity contribution is -0.145. The third-order valence-electron chi connectivity index (χ3n) is 9.10. The molecule has 0 spiro atoms. The number of benzene rings is 5. The van der Waals surface area contributed by atoms with Crippen molar-refractivity contribution in [3.05, 3.63) is 168 Å². The zero-order chi connectivity index (χ0) is 33.8. The number of amides is 2. The average Bonchev–Trinajstić information content (AvgIpc) is 3.17. The van der Waals surface area contributed by atoms with Crippen LogP contribution in [0.2, 0.25) is 0 Å². The van der Waals surface area contributed by atoms with Crippen molar-refractivity contribution in [1.82, 2.24) is 14.7 Å². The third-order valence-corrected chi connectivity index (χ3v) is 9.10. The number of hydrogen-bond acceptors (Lipinski definition) is 4. The van der Waals surface area contributed by atoms with Gasteiger partial charge in [-0.1, -0.05) is 127 Å². The second kappa shape index (κ2) is 16.6. The van der Waals surface area contributed by atoms with E-state index in [0.29, 0.717) is 26.1 Å². The molecule has 248 valence electrons. The summed E-state index contributed by atoms with van der Waals surface area (Å²) in [6, 6.07) is 45.9. The van der Waals surface area contributed by atoms with Crippen LogP contribution in [0.4, 0.5) is 0 Å². The highest BCUT2D eigenvalue weighted by molar-refractivity contribution is 5.96. The van der Waals surface area contributed by atoms with Crippen LogP contribution in [0.15, 0.2) is 146 Å². The molecule has 0 bridgehead atoms. The van der Waals surface area contributed by atoms with Crippen molar-refractivity contribution in [2.75, 3.05) is 33.3 Å². The molecule has 0 N–H and O–H groups in total. The van der Waals surface area contributed by atoms with E-state index in [4.69, 9.17) is 4.74 Å². The first-order valence-corrected chi connectivity index (χ1v) is 16.9. The van der Waals surface area contributed by atoms with Crippen LogP contribution >= 0.6 is 0 Å². The molecule has 1 atom stereocenters. The maximum Gasteiger partial charge on any atom is 0.247 e. The normalized spacial score (nSPS) is 14.0. The molecule has 5 aromatic rings. The van der Waals surface area contributed by atoms with Crippen LogP contribution in [0, 0.1) is 0 Å². The van der Waals surface area contributed by atoms with Gasteiger partial charge in [-0.2, -0.15) is 0 Å². The van der Waals surface area contributed by atoms with Crippen molar-refractivity contribution in [3.8, 4) is 16.9 Å². The maximum atomic E-state index is 14.6. The monoisotopic (exact) mass is 649 g/mol. The molecule has 0 aromatic heterocycles. The van der Waals surface area contributed by atoms with Gasteiger partial charge >= 0.3 is 0 Å². The summed E-state index contributed by atoms with van der Waals surface area (Å²) in [5, 5.41) is 0. The lowest BCUT2D eigenvalue weighted by Gasteiger charge is -2.39. The molecule has 0 saturated carbocycles. The van der Waals surface area contributed by atoms with Crippen LogP contribution in [0.1, 0.15) is 22.3 Å². The molecule has 1 aliphatic heterocycles. The Hall–Kier alpha value is -5.46. The van der Waals surface area contributed by atoms with Crippen molar-refractivity contribution in [3.63, 3.8) is 0 Å². The molecule has 6 heteroatoms. The molecule has 1 heterocycles. The Labute approximate surface area is 289 Å². The lowest BCUT2D eigenvalue weighted by Crippen LogP contribution is -2.56. The summed E-state index contributed by atoms with van der Waals surface area (Å²) in [7, 11) is 1.63. The van der Waals surface area contributed by atoms with Gasteiger partial charge < -0.3 is 14.5 Å². The fourth-order valence-corrected chi connectivity index (χ4v) is 6.30. The first kappa shape index (κ1) is 33.4. The second-order valence-electron chi connectivity index (χ2n) is 12.4. The van der Waals surface area contributed by atoms with Crippen molar-refractivity contribution in [1.29, 1.82) is 0 Å². The number of methoxy groups -OCH3 is 1. The molecule has 5 aromatic carbocycles. The van der Waals surface area contributed by atoms with Gasteiger partial charge in [-0.05, 0) is 51.6 Å². The van der Waals surface area contributed by atoms with Gasteiger partial charge in [-0.25, -0.2) is 0 Å². The second-order valence-corrected chi connectivity index (χ2v) is 12.4. The predicted octanol–water partition coefficient (Wildman–Crippen LogP) is 7.36. The van der Waals surface area contributed by atoms with Gasteiger partial charge in [-0.15, -0.1) is 0 Å². The van der Waals surface area contributed by atoms with Gasteiger partial charge in [-0.3, -0.25) is 14.5 Å². The standard InChI is InChI=1S/C43H43N3O3/c1-49-40-24-19-34(20-25-40)21-26-42(47)46(33-37-17-22-39(23-18-37)38-15-9-4-10-16-38)41(31-35-11-5-2-6-12-35)43(48)45-29-27-44(28-30-45)32-36-13-7-3-8-14-36/h2-26,41H,27-33H2,1H3/t41-/m0/s1. The molecule has 1 aliphatic rings. The van der Waals surface area contributed by atoms with Gasteiger partial charge in [0, 0.05) is 51.8 Å². The number of piperazine rings is 1. The van der Waals surface area contributed by atoms with E-state index in [1.54, 1.807) is 24.2 Å². The molecule has 49 heavy (non-hydrogen) atoms. The van der Waals surface area contributed by atoms with Gasteiger partial charge in [0.05, 0.1) is 7.11 Å². The Morgan fingerprint density at radius 1 is 0.673 bits per heavy atom. The number of rotatable bonds is 12. The fourth-order valence-electron chi connectivity index (χ4n) is 6.30. The number of hydrogen-bond donors (Lipinski definition) is 0. The van der Waals surface area contributed by atoms with Crippen molar-refractivity contribution >= 4 is 17.9 Å². The van der Waals surface area contributed by atoms with Crippen LogP contribution in [-0.4, -0.2) is 65.8 Å². The Morgan fingerprint density at radius 3 is 1.86 bits per heavy atom. The van der Waals surface area contributed by atoms with Gasteiger partial charge in [0.1, 0.15) is 11.8 Å². The Kier molecular flexibility index (Phi) is 11.3. The topological polar surface area (TPSA) is 53.1 Å². The molecule has 0 unspecified atom stereocenters. The minimum Gasteiger partial charge on any atom is -0.497 e. The van der Waals surface area contributed by atoms with E-state index in [9.17, 15) is 9.59 Å². The Morgan fingerprint density at radius 2 is 1.24 bits per heavy atom. The zero-order valence-corrected chi connectivity index (χ0v) is 28.0. The summed E-state index contributed by atoms with van der Waals surface area (Å²) in [5.41, 5.74) is 6.36. The lowest BCUT2D eigenvalue weighted by atomic mass is 10.0. The minimum absolute atomic E-state index is 0.0182. The third kappa shape index (κ3) is 9.12. The molecule has 0 radical (unpaired) electrons. The Balaban J connectivity index is 1.27. The fraction of sp³-hybridized carbons (Fsp3) is 0.209. The quantitative estimate of drug-likeness (QED) is 0.133. The van der Waals surface area contributed by atoms with E-state index in [2.05, 4.69) is 65.6 Å². The smallest absolute Gasteiger partial charge is 0.247 e. The number of carbonyl (C=O) groups is 2. The van der Waals surface area contributed by atoms with E-state index in [-0.39, 0.29) is 11.8 Å². The van der Waals surface area contributed by atoms with E-state index in [1.807, 2.05) is 83.8 Å². The van der Waals surface area contributed by atoms with Crippen molar-refractivity contribution in [2.45, 2.75) is 25.6 Å². The first-order valence-electron chi connectivity index (χ1n) is 16.9. The zero-order valence-electron chi connectivity index (χ0n) is 28.0. The summed E-state index contributed by atoms with van der Waals surface area (Å²) >= 11 is 0. The van der Waals surface area contributed by atoms with Crippen LogP contribution in [0.5, 0.6) is 5.75 Å². The first-order chi connectivity index (χ1) is 24.1. The van der Waals surface area contributed by atoms with Gasteiger partial charge in [0.15, 0.2) is 0 Å². The molecular formula is C43H43N3O3. The molecule has 0 aliphatic carbocycles. The van der Waals surface area contributed by atoms with Crippen molar-refractivity contribution < 1.29 is 14.3 Å². The minimum atomic E-state index is -0.676. The van der Waals surface area contributed by atoms with Crippen LogP contribution in [-0.2, 0) is 29.1 Å². The Bertz CT molecular complexity index is 1800. The van der Waals surface area contributed by atoms with Gasteiger partial charge in [0.25, 0.3) is 0 Å². The molecule has 2 amide bonds. The van der Waals surface area contributed by atoms with Crippen LogP contribution in [0.3, 0.4) is 0 Å². The highest BCUT2D eigenvalue weighted by atomic mass is 16.5. The molecule has 6 rings (SSSR count). The summed E-state index contributed by atoms with van der Waals surface area (Å²) < 4.78 is 5.30. The summed E-state index contributed by atoms with van der Waals surface area (Å²) in [6.45, 7) is 3.96. The maximum absolute atomic E-state index is 14.6. The van der Waals surface area contributed by atoms with E-state index in [1.165, 1.54) is 5.56 Å². The average molecular weight is 650 g/mol. The molecule has 1 saturated heterocycles. The van der Waals surface area contributed by atoms with E-state index < -0.39 is 6.04 Å². The summed E-state index contributed by atoms with van der Waals surface area (Å²) in [6.07, 6.45) is 3.82. The predicted molar refractivity (Wildman–Crippen MR) is 197 cm³/mol. The SMILES string of the molecule is COc1ccc(C=CC(=O)N(Cc2ccc(-c3ccccc3)cc2)[C@@H](Cc2ccccc2)C(=O)N2CCN(Cc3ccccc3)CC2)cc1. The van der Waals surface area contributed by atoms with Crippen molar-refractivity contribution in [2.24, 2.45) is 0 Å². The van der Waals surface area contributed by atoms with E-state index >= 15 is 0 Å². The molecular weight excluding hydrogens is 606 g/mol. The summed E-state index contributed by atoms with van der Waals surface area (Å²) in [4.78, 5) is 34.9. The molecule has 1 fully saturated rings. The van der Waals surface area contributed by atoms with E-state index in [0.717, 1.165) is 53.2 Å². The molecule has 6 nitrogen and oxygen atoms in total. The van der Waals surface area contributed by atoms with Crippen LogP contribution < -0.4 is 4.74 Å². The van der Waals surface area contributed by atoms with Gasteiger partial charge in [0.2, 0.25) is 11.8 Å². The van der Waals surface area contributed by atoms with Crippen LogP contribution in [0.25, 0.3) is 17.2 Å². The number of carbonyl (C=O) groups excluding carboxylic acids is 2. The highest BCUT2D eigenvalue weighted by Crippen LogP contribution is 2.23. The number of nitrogens with zero attached hydrogens (tertiary/aromatic N) is 3. The highest BCUT2D eigenvalue weighted by Gasteiger charge is 2.34.